The molecule has 292 valence electrons. The Hall–Kier alpha value is -6.00. The Morgan fingerprint density at radius 2 is 0.964 bits per heavy atom. The fraction of sp³-hybridized carbons (Fsp3) is 0.385. The minimum atomic E-state index is -0.305. The number of aromatic hydroxyl groups is 2. The first-order valence-electron chi connectivity index (χ1n) is 18.0. The van der Waals surface area contributed by atoms with E-state index in [-0.39, 0.29) is 46.1 Å². The van der Waals surface area contributed by atoms with Crippen LogP contribution in [0, 0.1) is 13.8 Å². The molecule has 0 fully saturated rings. The lowest BCUT2D eigenvalue weighted by Gasteiger charge is -2.13. The predicted octanol–water partition coefficient (Wildman–Crippen LogP) is 5.32. The van der Waals surface area contributed by atoms with Gasteiger partial charge in [-0.15, -0.1) is 10.2 Å². The van der Waals surface area contributed by atoms with Gasteiger partial charge in [0.1, 0.15) is 11.4 Å². The fourth-order valence-corrected chi connectivity index (χ4v) is 5.52. The maximum absolute atomic E-state index is 12.7. The summed E-state index contributed by atoms with van der Waals surface area (Å²) in [5, 5.41) is 43.9. The van der Waals surface area contributed by atoms with Crippen molar-refractivity contribution in [3.63, 3.8) is 0 Å². The van der Waals surface area contributed by atoms with Crippen molar-refractivity contribution in [3.05, 3.63) is 104 Å². The van der Waals surface area contributed by atoms with E-state index in [1.165, 1.54) is 21.3 Å². The van der Waals surface area contributed by atoms with Gasteiger partial charge in [-0.1, -0.05) is 0 Å². The molecule has 0 radical (unpaired) electrons. The quantitative estimate of drug-likeness (QED) is 0.0773. The number of amides is 2. The maximum atomic E-state index is 12.7. The van der Waals surface area contributed by atoms with Crippen LogP contribution in [0.25, 0.3) is 0 Å². The van der Waals surface area contributed by atoms with Crippen LogP contribution in [0.3, 0.4) is 0 Å². The van der Waals surface area contributed by atoms with Gasteiger partial charge in [-0.25, -0.2) is 0 Å². The van der Waals surface area contributed by atoms with Gasteiger partial charge in [0.15, 0.2) is 0 Å². The molecule has 0 spiro atoms. The van der Waals surface area contributed by atoms with E-state index < -0.39 is 0 Å². The van der Waals surface area contributed by atoms with Crippen LogP contribution < -0.4 is 21.8 Å². The first-order chi connectivity index (χ1) is 26.2. The number of aryl methyl sites for hydroxylation is 2. The van der Waals surface area contributed by atoms with Crippen LogP contribution in [-0.4, -0.2) is 95.3 Å². The topological polar surface area (TPSA) is 199 Å². The Morgan fingerprint density at radius 1 is 0.600 bits per heavy atom. The lowest BCUT2D eigenvalue weighted by molar-refractivity contribution is 0.0951. The van der Waals surface area contributed by atoms with Crippen molar-refractivity contribution >= 4 is 34.6 Å². The van der Waals surface area contributed by atoms with Crippen molar-refractivity contribution < 1.29 is 19.8 Å². The van der Waals surface area contributed by atoms with E-state index >= 15 is 0 Å². The second kappa shape index (κ2) is 19.9. The summed E-state index contributed by atoms with van der Waals surface area (Å²) in [6, 6.07) is 15.8. The zero-order chi connectivity index (χ0) is 40.1. The molecule has 16 heteroatoms. The number of benzene rings is 2. The van der Waals surface area contributed by atoms with E-state index in [0.717, 1.165) is 13.1 Å². The molecule has 2 amide bonds. The summed E-state index contributed by atoms with van der Waals surface area (Å²) in [7, 11) is 7.75. The van der Waals surface area contributed by atoms with Crippen molar-refractivity contribution in [2.75, 3.05) is 54.4 Å². The highest BCUT2D eigenvalue weighted by Gasteiger charge is 2.15. The molecular weight excluding hydrogens is 704 g/mol. The summed E-state index contributed by atoms with van der Waals surface area (Å²) in [6.07, 6.45) is 1.85. The van der Waals surface area contributed by atoms with Gasteiger partial charge in [0, 0.05) is 49.4 Å². The number of nitrogens with one attached hydrogen (secondary N) is 2. The van der Waals surface area contributed by atoms with Crippen molar-refractivity contribution in [1.82, 2.24) is 29.6 Å². The Kier molecular flexibility index (Phi) is 15.1. The first kappa shape index (κ1) is 41.8. The summed E-state index contributed by atoms with van der Waals surface area (Å²) in [4.78, 5) is 54.2. The van der Waals surface area contributed by atoms with Gasteiger partial charge in [0.25, 0.3) is 22.9 Å². The van der Waals surface area contributed by atoms with Gasteiger partial charge in [0.05, 0.1) is 11.4 Å². The van der Waals surface area contributed by atoms with Crippen molar-refractivity contribution in [3.8, 4) is 11.8 Å². The number of carbonyl (C=O) groups is 2. The normalized spacial score (nSPS) is 11.6. The number of rotatable bonds is 18. The van der Waals surface area contributed by atoms with E-state index in [4.69, 9.17) is 0 Å². The third-order valence-electron chi connectivity index (χ3n) is 8.58. The second-order valence-electron chi connectivity index (χ2n) is 13.7. The van der Waals surface area contributed by atoms with Crippen LogP contribution in [0.5, 0.6) is 11.8 Å². The van der Waals surface area contributed by atoms with E-state index in [2.05, 4.69) is 31.1 Å². The molecular formula is C39H50N10O6. The van der Waals surface area contributed by atoms with Crippen LogP contribution in [0.4, 0.5) is 22.7 Å². The molecule has 16 nitrogen and oxygen atoms in total. The van der Waals surface area contributed by atoms with Gasteiger partial charge in [-0.3, -0.25) is 28.3 Å². The predicted molar refractivity (Wildman–Crippen MR) is 211 cm³/mol. The van der Waals surface area contributed by atoms with Crippen LogP contribution in [-0.2, 0) is 13.1 Å². The van der Waals surface area contributed by atoms with Crippen LogP contribution in [0.2, 0.25) is 0 Å². The first-order valence-corrected chi connectivity index (χ1v) is 18.0. The standard InChI is InChI=1S/C39H50N10O6/c1-26-24-32(50)48(22-8-20-46(3)4)38(54)34(26)44-42-30-14-10-28(11-15-30)36(52)40-18-7-19-41-37(53)29-12-16-31(17-13-29)43-45-35-27(2)25-33(51)49(39(35)55)23-9-21-47(5)6/h10-17,24-25,54-55H,7-9,18-23H2,1-6H3,(H,40,52)(H,41,53). The number of nitrogens with zero attached hydrogens (tertiary/aromatic N) is 8. The average Bonchev–Trinajstić information content (AvgIpc) is 3.14. The number of pyridine rings is 2. The molecule has 0 saturated carbocycles. The molecule has 4 N–H and O–H groups in total. The second-order valence-corrected chi connectivity index (χ2v) is 13.7. The van der Waals surface area contributed by atoms with Gasteiger partial charge in [0.2, 0.25) is 11.8 Å². The zero-order valence-corrected chi connectivity index (χ0v) is 32.2. The van der Waals surface area contributed by atoms with Gasteiger partial charge in [-0.05, 0) is 134 Å². The SMILES string of the molecule is Cc1cc(=O)n(CCCN(C)C)c(O)c1N=Nc1ccc(C(=O)NCCCNC(=O)c2ccc(N=Nc3c(C)cc(=O)n(CCCN(C)C)c3O)cc2)cc1. The summed E-state index contributed by atoms with van der Waals surface area (Å²) in [6.45, 7) is 6.24. The summed E-state index contributed by atoms with van der Waals surface area (Å²) >= 11 is 0. The molecule has 0 saturated heterocycles. The Morgan fingerprint density at radius 3 is 1.31 bits per heavy atom. The van der Waals surface area contributed by atoms with Crippen molar-refractivity contribution in [2.24, 2.45) is 20.5 Å². The molecule has 0 aliphatic rings. The monoisotopic (exact) mass is 754 g/mol. The Balaban J connectivity index is 1.23. The maximum Gasteiger partial charge on any atom is 0.253 e. The lowest BCUT2D eigenvalue weighted by Crippen LogP contribution is -2.29. The zero-order valence-electron chi connectivity index (χ0n) is 32.2. The molecule has 2 aromatic carbocycles. The molecule has 55 heavy (non-hydrogen) atoms. The highest BCUT2D eigenvalue weighted by Crippen LogP contribution is 2.32. The highest BCUT2D eigenvalue weighted by atomic mass is 16.3. The summed E-state index contributed by atoms with van der Waals surface area (Å²) in [5.41, 5.74) is 2.56. The lowest BCUT2D eigenvalue weighted by atomic mass is 10.2. The van der Waals surface area contributed by atoms with Crippen molar-refractivity contribution in [2.45, 2.75) is 46.2 Å². The van der Waals surface area contributed by atoms with Gasteiger partial charge >= 0.3 is 0 Å². The van der Waals surface area contributed by atoms with Crippen LogP contribution in [0.15, 0.2) is 90.7 Å². The molecule has 2 aromatic heterocycles. The third kappa shape index (κ3) is 12.0. The highest BCUT2D eigenvalue weighted by molar-refractivity contribution is 5.95. The average molecular weight is 755 g/mol. The molecule has 0 bridgehead atoms. The fourth-order valence-electron chi connectivity index (χ4n) is 5.52. The molecule has 0 aliphatic heterocycles. The molecule has 0 aliphatic carbocycles. The minimum Gasteiger partial charge on any atom is -0.493 e. The molecule has 2 heterocycles. The smallest absolute Gasteiger partial charge is 0.253 e. The van der Waals surface area contributed by atoms with Crippen LogP contribution >= 0.6 is 0 Å². The Labute approximate surface area is 319 Å². The molecule has 0 unspecified atom stereocenters. The van der Waals surface area contributed by atoms with E-state index in [0.29, 0.717) is 79.1 Å². The number of carbonyl (C=O) groups excluding carboxylic acids is 2. The molecule has 4 rings (SSSR count). The summed E-state index contributed by atoms with van der Waals surface area (Å²) in [5.74, 6) is -1.05. The Bertz CT molecular complexity index is 1970. The van der Waals surface area contributed by atoms with Gasteiger partial charge < -0.3 is 30.6 Å². The van der Waals surface area contributed by atoms with Crippen molar-refractivity contribution in [1.29, 1.82) is 0 Å². The molecule has 4 aromatic rings. The van der Waals surface area contributed by atoms with E-state index in [1.54, 1.807) is 62.4 Å². The molecule has 0 atom stereocenters. The van der Waals surface area contributed by atoms with E-state index in [1.807, 2.05) is 38.0 Å². The minimum absolute atomic E-state index is 0.207. The van der Waals surface area contributed by atoms with Gasteiger partial charge in [-0.2, -0.15) is 10.2 Å². The largest absolute Gasteiger partial charge is 0.493 e. The summed E-state index contributed by atoms with van der Waals surface area (Å²) < 4.78 is 2.57. The number of azo groups is 2. The number of aromatic nitrogens is 2. The number of hydrogen-bond acceptors (Lipinski definition) is 12. The number of hydrogen-bond donors (Lipinski definition) is 4. The van der Waals surface area contributed by atoms with Crippen LogP contribution in [0.1, 0.15) is 51.1 Å². The van der Waals surface area contributed by atoms with E-state index in [9.17, 15) is 29.4 Å². The third-order valence-corrected chi connectivity index (χ3v) is 8.58.